The number of carboxylic acids is 1. The van der Waals surface area contributed by atoms with E-state index in [9.17, 15) is 9.18 Å². The fraction of sp³-hybridized carbons (Fsp3) is 0.143. The van der Waals surface area contributed by atoms with Gasteiger partial charge in [-0.3, -0.25) is 4.98 Å². The lowest BCUT2D eigenvalue weighted by molar-refractivity contribution is 0.0692. The van der Waals surface area contributed by atoms with E-state index in [0.29, 0.717) is 12.2 Å². The van der Waals surface area contributed by atoms with Gasteiger partial charge in [0.2, 0.25) is 0 Å². The predicted octanol–water partition coefficient (Wildman–Crippen LogP) is 2.14. The topological polar surface area (TPSA) is 79.5 Å². The molecule has 0 aliphatic heterocycles. The third-order valence-corrected chi connectivity index (χ3v) is 2.88. The molecule has 3 N–H and O–H groups in total. The number of carbonyl (C=O) groups is 1. The standard InChI is InChI=1S/C14H14FN3O2/c1-18(8-9-4-2-3-5-17-9)13-7-11(15)10(14(19)20)6-12(13)16/h2-7H,8,16H2,1H3,(H,19,20). The van der Waals surface area contributed by atoms with E-state index in [-0.39, 0.29) is 5.69 Å². The monoisotopic (exact) mass is 275 g/mol. The summed E-state index contributed by atoms with van der Waals surface area (Å²) in [7, 11) is 1.74. The van der Waals surface area contributed by atoms with E-state index < -0.39 is 17.3 Å². The first-order valence-corrected chi connectivity index (χ1v) is 5.92. The Hall–Kier alpha value is -2.63. The number of nitrogen functional groups attached to an aromatic ring is 1. The molecular formula is C14H14FN3O2. The molecule has 0 saturated carbocycles. The van der Waals surface area contributed by atoms with Crippen molar-refractivity contribution in [3.8, 4) is 0 Å². The summed E-state index contributed by atoms with van der Waals surface area (Å²) in [5, 5.41) is 8.84. The van der Waals surface area contributed by atoms with Gasteiger partial charge in [0.25, 0.3) is 0 Å². The molecule has 1 aromatic carbocycles. The fourth-order valence-electron chi connectivity index (χ4n) is 1.89. The van der Waals surface area contributed by atoms with Gasteiger partial charge in [0.1, 0.15) is 5.82 Å². The number of nitrogens with two attached hydrogens (primary N) is 1. The normalized spacial score (nSPS) is 10.3. The number of aromatic carboxylic acids is 1. The summed E-state index contributed by atoms with van der Waals surface area (Å²) in [6, 6.07) is 7.76. The van der Waals surface area contributed by atoms with Crippen LogP contribution in [-0.2, 0) is 6.54 Å². The maximum atomic E-state index is 13.7. The lowest BCUT2D eigenvalue weighted by Crippen LogP contribution is -2.19. The van der Waals surface area contributed by atoms with Crippen molar-refractivity contribution < 1.29 is 14.3 Å². The SMILES string of the molecule is CN(Cc1ccccn1)c1cc(F)c(C(=O)O)cc1N. The number of hydrogen-bond donors (Lipinski definition) is 2. The molecule has 6 heteroatoms. The molecule has 20 heavy (non-hydrogen) atoms. The van der Waals surface area contributed by atoms with Crippen LogP contribution in [0.1, 0.15) is 16.1 Å². The first kappa shape index (κ1) is 13.8. The van der Waals surface area contributed by atoms with Crippen LogP contribution in [0.5, 0.6) is 0 Å². The third kappa shape index (κ3) is 2.85. The van der Waals surface area contributed by atoms with E-state index in [1.54, 1.807) is 24.2 Å². The van der Waals surface area contributed by atoms with E-state index >= 15 is 0 Å². The molecule has 1 heterocycles. The summed E-state index contributed by atoms with van der Waals surface area (Å²) in [5.41, 5.74) is 6.80. The van der Waals surface area contributed by atoms with Gasteiger partial charge in [0.05, 0.1) is 29.2 Å². The average Bonchev–Trinajstić information content (AvgIpc) is 2.41. The maximum absolute atomic E-state index is 13.7. The van der Waals surface area contributed by atoms with Crippen molar-refractivity contribution in [3.05, 3.63) is 53.6 Å². The Morgan fingerprint density at radius 1 is 1.45 bits per heavy atom. The number of carboxylic acid groups (broad SMARTS) is 1. The van der Waals surface area contributed by atoms with Crippen molar-refractivity contribution in [2.45, 2.75) is 6.54 Å². The summed E-state index contributed by atoms with van der Waals surface area (Å²) in [4.78, 5) is 16.7. The number of hydrogen-bond acceptors (Lipinski definition) is 4. The Kier molecular flexibility index (Phi) is 3.84. The highest BCUT2D eigenvalue weighted by atomic mass is 19.1. The quantitative estimate of drug-likeness (QED) is 0.836. The van der Waals surface area contributed by atoms with Crippen LogP contribution in [0.3, 0.4) is 0 Å². The highest BCUT2D eigenvalue weighted by Gasteiger charge is 2.16. The van der Waals surface area contributed by atoms with Crippen LogP contribution in [0.4, 0.5) is 15.8 Å². The van der Waals surface area contributed by atoms with Crippen LogP contribution in [0.2, 0.25) is 0 Å². The molecule has 0 atom stereocenters. The largest absolute Gasteiger partial charge is 0.478 e. The maximum Gasteiger partial charge on any atom is 0.338 e. The number of anilines is 2. The Balaban J connectivity index is 2.29. The van der Waals surface area contributed by atoms with Gasteiger partial charge >= 0.3 is 5.97 Å². The van der Waals surface area contributed by atoms with E-state index in [4.69, 9.17) is 10.8 Å². The van der Waals surface area contributed by atoms with Gasteiger partial charge in [-0.05, 0) is 18.2 Å². The van der Waals surface area contributed by atoms with Gasteiger partial charge in [-0.25, -0.2) is 9.18 Å². The van der Waals surface area contributed by atoms with Crippen molar-refractivity contribution >= 4 is 17.3 Å². The highest BCUT2D eigenvalue weighted by molar-refractivity contribution is 5.90. The third-order valence-electron chi connectivity index (χ3n) is 2.88. The molecule has 0 unspecified atom stereocenters. The first-order chi connectivity index (χ1) is 9.49. The minimum Gasteiger partial charge on any atom is -0.478 e. The number of halogens is 1. The van der Waals surface area contributed by atoms with Gasteiger partial charge in [0, 0.05) is 19.3 Å². The molecule has 5 nitrogen and oxygen atoms in total. The second-order valence-electron chi connectivity index (χ2n) is 4.37. The van der Waals surface area contributed by atoms with Crippen LogP contribution >= 0.6 is 0 Å². The highest BCUT2D eigenvalue weighted by Crippen LogP contribution is 2.26. The van der Waals surface area contributed by atoms with E-state index in [2.05, 4.69) is 4.98 Å². The molecule has 0 bridgehead atoms. The van der Waals surface area contributed by atoms with E-state index in [1.165, 1.54) is 0 Å². The second-order valence-corrected chi connectivity index (χ2v) is 4.37. The molecule has 0 aliphatic carbocycles. The molecular weight excluding hydrogens is 261 g/mol. The van der Waals surface area contributed by atoms with Gasteiger partial charge in [-0.1, -0.05) is 6.07 Å². The lowest BCUT2D eigenvalue weighted by Gasteiger charge is -2.21. The number of nitrogens with zero attached hydrogens (tertiary/aromatic N) is 2. The van der Waals surface area contributed by atoms with Gasteiger partial charge in [0.15, 0.2) is 0 Å². The molecule has 0 radical (unpaired) electrons. The molecule has 2 aromatic rings. The molecule has 0 aliphatic rings. The number of benzene rings is 1. The minimum absolute atomic E-state index is 0.210. The fourth-order valence-corrected chi connectivity index (χ4v) is 1.89. The van der Waals surface area contributed by atoms with Crippen LogP contribution in [0.15, 0.2) is 36.5 Å². The Bertz CT molecular complexity index is 632. The van der Waals surface area contributed by atoms with E-state index in [1.807, 2.05) is 12.1 Å². The Morgan fingerprint density at radius 3 is 2.80 bits per heavy atom. The van der Waals surface area contributed by atoms with Crippen LogP contribution in [0.25, 0.3) is 0 Å². The zero-order valence-corrected chi connectivity index (χ0v) is 10.9. The Morgan fingerprint density at radius 2 is 2.20 bits per heavy atom. The smallest absolute Gasteiger partial charge is 0.338 e. The number of aromatic nitrogens is 1. The average molecular weight is 275 g/mol. The first-order valence-electron chi connectivity index (χ1n) is 5.92. The van der Waals surface area contributed by atoms with Crippen LogP contribution < -0.4 is 10.6 Å². The summed E-state index contributed by atoms with van der Waals surface area (Å²) >= 11 is 0. The van der Waals surface area contributed by atoms with Crippen molar-refractivity contribution in [1.82, 2.24) is 4.98 Å². The second kappa shape index (κ2) is 5.56. The molecule has 0 amide bonds. The molecule has 2 rings (SSSR count). The molecule has 0 spiro atoms. The summed E-state index contributed by atoms with van der Waals surface area (Å²) in [6.07, 6.45) is 1.67. The zero-order chi connectivity index (χ0) is 14.7. The van der Waals surface area contributed by atoms with Crippen LogP contribution in [-0.4, -0.2) is 23.1 Å². The molecule has 0 fully saturated rings. The van der Waals surface area contributed by atoms with E-state index in [0.717, 1.165) is 17.8 Å². The molecule has 0 saturated heterocycles. The zero-order valence-electron chi connectivity index (χ0n) is 10.9. The Labute approximate surface area is 115 Å². The molecule has 104 valence electrons. The minimum atomic E-state index is -1.34. The number of pyridine rings is 1. The summed E-state index contributed by atoms with van der Waals surface area (Å²) in [6.45, 7) is 0.441. The van der Waals surface area contributed by atoms with Gasteiger partial charge in [-0.15, -0.1) is 0 Å². The number of rotatable bonds is 4. The van der Waals surface area contributed by atoms with Gasteiger partial charge in [-0.2, -0.15) is 0 Å². The van der Waals surface area contributed by atoms with Crippen LogP contribution in [0, 0.1) is 5.82 Å². The van der Waals surface area contributed by atoms with Crippen molar-refractivity contribution in [1.29, 1.82) is 0 Å². The predicted molar refractivity (Wildman–Crippen MR) is 74.1 cm³/mol. The van der Waals surface area contributed by atoms with Crippen molar-refractivity contribution in [3.63, 3.8) is 0 Å². The van der Waals surface area contributed by atoms with Crippen molar-refractivity contribution in [2.24, 2.45) is 0 Å². The lowest BCUT2D eigenvalue weighted by atomic mass is 10.1. The summed E-state index contributed by atoms with van der Waals surface area (Å²) in [5.74, 6) is -2.15. The summed E-state index contributed by atoms with van der Waals surface area (Å²) < 4.78 is 13.7. The van der Waals surface area contributed by atoms with Crippen molar-refractivity contribution in [2.75, 3.05) is 17.7 Å². The molecule has 1 aromatic heterocycles. The van der Waals surface area contributed by atoms with Gasteiger partial charge < -0.3 is 15.7 Å².